The van der Waals surface area contributed by atoms with Crippen LogP contribution >= 0.6 is 0 Å². The summed E-state index contributed by atoms with van der Waals surface area (Å²) in [5, 5.41) is 5.00. The van der Waals surface area contributed by atoms with Gasteiger partial charge in [-0.3, -0.25) is 0 Å². The van der Waals surface area contributed by atoms with Crippen LogP contribution in [-0.4, -0.2) is 29.3 Å². The Morgan fingerprint density at radius 1 is 1.11 bits per heavy atom. The summed E-state index contributed by atoms with van der Waals surface area (Å²) in [5.74, 6) is 2.43. The van der Waals surface area contributed by atoms with Crippen molar-refractivity contribution in [3.8, 4) is 11.5 Å². The van der Waals surface area contributed by atoms with E-state index in [1.807, 2.05) is 41.9 Å². The summed E-state index contributed by atoms with van der Waals surface area (Å²) in [6.07, 6.45) is 0.663. The first kappa shape index (κ1) is 16.1. The third kappa shape index (κ3) is 2.61. The number of hydrogen-bond donors (Lipinski definition) is 0. The molecule has 136 valence electrons. The topological polar surface area (TPSA) is 57.9 Å². The van der Waals surface area contributed by atoms with Crippen LogP contribution in [0.3, 0.4) is 0 Å². The maximum atomic E-state index is 5.61. The van der Waals surface area contributed by atoms with E-state index in [4.69, 9.17) is 24.3 Å². The lowest BCUT2D eigenvalue weighted by Gasteiger charge is -2.11. The van der Waals surface area contributed by atoms with Crippen LogP contribution in [0.25, 0.3) is 0 Å². The second-order valence-electron chi connectivity index (χ2n) is 6.66. The molecule has 2 aromatic carbocycles. The van der Waals surface area contributed by atoms with E-state index < -0.39 is 0 Å². The van der Waals surface area contributed by atoms with Crippen molar-refractivity contribution < 1.29 is 14.2 Å². The molecule has 27 heavy (non-hydrogen) atoms. The summed E-state index contributed by atoms with van der Waals surface area (Å²) in [5.41, 5.74) is 6.01. The summed E-state index contributed by atoms with van der Waals surface area (Å²) in [4.78, 5) is 4.78. The van der Waals surface area contributed by atoms with Crippen LogP contribution in [0.1, 0.15) is 33.9 Å². The smallest absolute Gasteiger partial charge is 0.231 e. The van der Waals surface area contributed by atoms with Gasteiger partial charge in [0.15, 0.2) is 11.5 Å². The standard InChI is InChI=1S/C21H19N3O3/c1-13-17(11-25-2)22-20-9-15-8-18-19(27-12-26-18)10-16(15)21(23-24(13)20)14-6-4-3-5-7-14/h3-8,10H,9,11-12H2,1-2H3. The molecule has 5 rings (SSSR count). The average molecular weight is 361 g/mol. The number of benzene rings is 2. The van der Waals surface area contributed by atoms with Gasteiger partial charge < -0.3 is 14.2 Å². The minimum absolute atomic E-state index is 0.252. The second kappa shape index (κ2) is 6.25. The maximum Gasteiger partial charge on any atom is 0.231 e. The Morgan fingerprint density at radius 2 is 1.89 bits per heavy atom. The molecule has 6 heteroatoms. The molecular formula is C21H19N3O3. The highest BCUT2D eigenvalue weighted by molar-refractivity contribution is 6.14. The van der Waals surface area contributed by atoms with Crippen molar-refractivity contribution in [3.05, 3.63) is 76.4 Å². The summed E-state index contributed by atoms with van der Waals surface area (Å²) in [6, 6.07) is 14.3. The molecule has 0 saturated carbocycles. The summed E-state index contributed by atoms with van der Waals surface area (Å²) in [6.45, 7) is 2.75. The lowest BCUT2D eigenvalue weighted by molar-refractivity contribution is 0.174. The quantitative estimate of drug-likeness (QED) is 0.562. The Labute approximate surface area is 157 Å². The normalized spacial score (nSPS) is 14.4. The molecule has 0 atom stereocenters. The zero-order chi connectivity index (χ0) is 18.4. The zero-order valence-corrected chi connectivity index (χ0v) is 15.2. The largest absolute Gasteiger partial charge is 0.454 e. The number of hydrogen-bond acceptors (Lipinski definition) is 5. The predicted octanol–water partition coefficient (Wildman–Crippen LogP) is 3.27. The van der Waals surface area contributed by atoms with Crippen molar-refractivity contribution in [1.29, 1.82) is 0 Å². The molecule has 2 aliphatic heterocycles. The van der Waals surface area contributed by atoms with Crippen LogP contribution in [0.5, 0.6) is 11.5 Å². The molecule has 0 N–H and O–H groups in total. The van der Waals surface area contributed by atoms with Crippen LogP contribution in [-0.2, 0) is 17.8 Å². The van der Waals surface area contributed by atoms with Gasteiger partial charge in [-0.05, 0) is 24.6 Å². The number of fused-ring (bicyclic) bond motifs is 3. The Kier molecular flexibility index (Phi) is 3.72. The van der Waals surface area contributed by atoms with Gasteiger partial charge in [0.1, 0.15) is 5.82 Å². The minimum Gasteiger partial charge on any atom is -0.454 e. The molecule has 3 heterocycles. The first-order chi connectivity index (χ1) is 13.2. The van der Waals surface area contributed by atoms with Gasteiger partial charge in [0.2, 0.25) is 6.79 Å². The highest BCUT2D eigenvalue weighted by Gasteiger charge is 2.26. The van der Waals surface area contributed by atoms with Gasteiger partial charge >= 0.3 is 0 Å². The van der Waals surface area contributed by atoms with E-state index in [9.17, 15) is 0 Å². The molecule has 0 unspecified atom stereocenters. The fourth-order valence-corrected chi connectivity index (χ4v) is 3.60. The molecule has 0 fully saturated rings. The number of methoxy groups -OCH3 is 1. The third-order valence-electron chi connectivity index (χ3n) is 4.97. The molecule has 0 aliphatic carbocycles. The number of aromatic nitrogens is 2. The lowest BCUT2D eigenvalue weighted by Crippen LogP contribution is -2.07. The number of ether oxygens (including phenoxy) is 3. The van der Waals surface area contributed by atoms with Crippen molar-refractivity contribution in [2.24, 2.45) is 5.10 Å². The van der Waals surface area contributed by atoms with E-state index in [2.05, 4.69) is 12.1 Å². The maximum absolute atomic E-state index is 5.61. The van der Waals surface area contributed by atoms with Gasteiger partial charge in [-0.25, -0.2) is 9.66 Å². The first-order valence-corrected chi connectivity index (χ1v) is 8.88. The fraction of sp³-hybridized carbons (Fsp3) is 0.238. The fourth-order valence-electron chi connectivity index (χ4n) is 3.60. The lowest BCUT2D eigenvalue weighted by atomic mass is 9.95. The second-order valence-corrected chi connectivity index (χ2v) is 6.66. The molecular weight excluding hydrogens is 342 g/mol. The highest BCUT2D eigenvalue weighted by atomic mass is 16.7. The monoisotopic (exact) mass is 361 g/mol. The number of imidazole rings is 1. The highest BCUT2D eigenvalue weighted by Crippen LogP contribution is 2.37. The Hall–Kier alpha value is -3.12. The van der Waals surface area contributed by atoms with E-state index in [1.54, 1.807) is 7.11 Å². The number of nitrogens with zero attached hydrogens (tertiary/aromatic N) is 3. The van der Waals surface area contributed by atoms with Crippen molar-refractivity contribution >= 4 is 5.71 Å². The van der Waals surface area contributed by atoms with Gasteiger partial charge in [-0.15, -0.1) is 0 Å². The SMILES string of the molecule is COCc1nc2n(c1C)N=C(c1ccccc1)c1cc3c(cc1C2)OCO3. The molecule has 0 amide bonds. The van der Waals surface area contributed by atoms with Gasteiger partial charge in [-0.1, -0.05) is 30.3 Å². The molecule has 1 aromatic heterocycles. The van der Waals surface area contributed by atoms with Gasteiger partial charge in [0, 0.05) is 24.7 Å². The molecule has 3 aromatic rings. The zero-order valence-electron chi connectivity index (χ0n) is 15.2. The molecule has 0 radical (unpaired) electrons. The Morgan fingerprint density at radius 3 is 2.67 bits per heavy atom. The van der Waals surface area contributed by atoms with Crippen molar-refractivity contribution in [2.75, 3.05) is 13.9 Å². The third-order valence-corrected chi connectivity index (χ3v) is 4.97. The van der Waals surface area contributed by atoms with Crippen LogP contribution in [0.2, 0.25) is 0 Å². The predicted molar refractivity (Wildman–Crippen MR) is 101 cm³/mol. The van der Waals surface area contributed by atoms with Crippen LogP contribution < -0.4 is 9.47 Å². The first-order valence-electron chi connectivity index (χ1n) is 8.88. The molecule has 0 spiro atoms. The van der Waals surface area contributed by atoms with E-state index in [0.29, 0.717) is 13.0 Å². The van der Waals surface area contributed by atoms with Crippen molar-refractivity contribution in [3.63, 3.8) is 0 Å². The van der Waals surface area contributed by atoms with Crippen LogP contribution in [0.15, 0.2) is 47.6 Å². The average Bonchev–Trinajstić information content (AvgIpc) is 3.21. The van der Waals surface area contributed by atoms with Crippen molar-refractivity contribution in [1.82, 2.24) is 9.66 Å². The summed E-state index contributed by atoms with van der Waals surface area (Å²) < 4.78 is 18.4. The molecule has 0 bridgehead atoms. The molecule has 6 nitrogen and oxygen atoms in total. The Balaban J connectivity index is 1.76. The van der Waals surface area contributed by atoms with Crippen LogP contribution in [0, 0.1) is 6.92 Å². The minimum atomic E-state index is 0.252. The van der Waals surface area contributed by atoms with Crippen molar-refractivity contribution in [2.45, 2.75) is 20.0 Å². The summed E-state index contributed by atoms with van der Waals surface area (Å²) in [7, 11) is 1.68. The molecule has 0 saturated heterocycles. The van der Waals surface area contributed by atoms with Gasteiger partial charge in [0.25, 0.3) is 0 Å². The number of rotatable bonds is 3. The molecule has 2 aliphatic rings. The van der Waals surface area contributed by atoms with Gasteiger partial charge in [-0.2, -0.15) is 5.10 Å². The van der Waals surface area contributed by atoms with Gasteiger partial charge in [0.05, 0.1) is 23.7 Å². The van der Waals surface area contributed by atoms with E-state index in [1.165, 1.54) is 0 Å². The Bertz CT molecular complexity index is 1050. The summed E-state index contributed by atoms with van der Waals surface area (Å²) >= 11 is 0. The van der Waals surface area contributed by atoms with Crippen LogP contribution in [0.4, 0.5) is 0 Å². The van der Waals surface area contributed by atoms with E-state index in [-0.39, 0.29) is 6.79 Å². The van der Waals surface area contributed by atoms with E-state index in [0.717, 1.165) is 51.1 Å². The van der Waals surface area contributed by atoms with E-state index >= 15 is 0 Å².